The van der Waals surface area contributed by atoms with Crippen LogP contribution in [0.3, 0.4) is 0 Å². The van der Waals surface area contributed by atoms with Gasteiger partial charge in [-0.3, -0.25) is 0 Å². The summed E-state index contributed by atoms with van der Waals surface area (Å²) in [5.74, 6) is 0. The van der Waals surface area contributed by atoms with Crippen molar-refractivity contribution in [1.29, 1.82) is 0 Å². The van der Waals surface area contributed by atoms with Crippen molar-refractivity contribution < 1.29 is 13.2 Å². The molecule has 0 spiro atoms. The van der Waals surface area contributed by atoms with Crippen LogP contribution in [-0.4, -0.2) is 4.98 Å². The molecule has 0 saturated carbocycles. The molecule has 0 saturated heterocycles. The summed E-state index contributed by atoms with van der Waals surface area (Å²) in [6.07, 6.45) is -4.42. The highest BCUT2D eigenvalue weighted by molar-refractivity contribution is 5.79. The molecular weight excluding hydrogens is 239 g/mol. The van der Waals surface area contributed by atoms with Crippen molar-refractivity contribution in [3.05, 3.63) is 41.6 Å². The van der Waals surface area contributed by atoms with E-state index in [0.717, 1.165) is 5.39 Å². The molecule has 0 aliphatic heterocycles. The molecule has 0 atom stereocenters. The first kappa shape index (κ1) is 12.9. The Balaban J connectivity index is 2.81. The molecule has 1 nitrogen and oxygen atoms in total. The molecule has 1 aromatic carbocycles. The second-order valence-electron chi connectivity index (χ2n) is 5.32. The van der Waals surface area contributed by atoms with Crippen molar-refractivity contribution in [3.63, 3.8) is 0 Å². The quantitative estimate of drug-likeness (QED) is 0.671. The zero-order valence-electron chi connectivity index (χ0n) is 10.5. The topological polar surface area (TPSA) is 12.9 Å². The molecule has 0 aliphatic rings. The van der Waals surface area contributed by atoms with Gasteiger partial charge in [0.1, 0.15) is 5.69 Å². The van der Waals surface area contributed by atoms with Gasteiger partial charge in [-0.1, -0.05) is 39.0 Å². The Morgan fingerprint density at radius 1 is 1.00 bits per heavy atom. The number of pyridine rings is 1. The van der Waals surface area contributed by atoms with Crippen molar-refractivity contribution in [3.8, 4) is 0 Å². The van der Waals surface area contributed by atoms with Gasteiger partial charge in [0.15, 0.2) is 0 Å². The molecule has 0 aliphatic carbocycles. The highest BCUT2D eigenvalue weighted by atomic mass is 19.4. The summed E-state index contributed by atoms with van der Waals surface area (Å²) in [5, 5.41) is 0.732. The lowest BCUT2D eigenvalue weighted by Gasteiger charge is -2.23. The van der Waals surface area contributed by atoms with Crippen LogP contribution in [0.15, 0.2) is 30.3 Å². The Kier molecular flexibility index (Phi) is 2.84. The molecule has 2 aromatic rings. The fourth-order valence-electron chi connectivity index (χ4n) is 1.90. The number of fused-ring (bicyclic) bond motifs is 1. The predicted octanol–water partition coefficient (Wildman–Crippen LogP) is 4.55. The molecule has 0 amide bonds. The minimum atomic E-state index is -4.42. The molecule has 0 unspecified atom stereocenters. The van der Waals surface area contributed by atoms with E-state index < -0.39 is 17.3 Å². The molecule has 0 N–H and O–H groups in total. The fraction of sp³-hybridized carbons (Fsp3) is 0.357. The Morgan fingerprint density at radius 2 is 1.61 bits per heavy atom. The first-order chi connectivity index (χ1) is 8.19. The van der Waals surface area contributed by atoms with Gasteiger partial charge in [0.2, 0.25) is 0 Å². The molecule has 0 radical (unpaired) electrons. The average molecular weight is 253 g/mol. The molecule has 96 valence electrons. The third-order valence-corrected chi connectivity index (χ3v) is 2.80. The number of hydrogen-bond donors (Lipinski definition) is 0. The molecule has 18 heavy (non-hydrogen) atoms. The second kappa shape index (κ2) is 3.97. The van der Waals surface area contributed by atoms with Gasteiger partial charge in [-0.2, -0.15) is 13.2 Å². The Morgan fingerprint density at radius 3 is 2.17 bits per heavy atom. The number of nitrogens with zero attached hydrogens (tertiary/aromatic N) is 1. The summed E-state index contributed by atoms with van der Waals surface area (Å²) in [4.78, 5) is 3.79. The van der Waals surface area contributed by atoms with E-state index >= 15 is 0 Å². The summed E-state index contributed by atoms with van der Waals surface area (Å²) in [6, 6.07) is 8.44. The van der Waals surface area contributed by atoms with Crippen molar-refractivity contribution in [2.75, 3.05) is 0 Å². The Bertz CT molecular complexity index is 527. The smallest absolute Gasteiger partial charge is 0.243 e. The normalized spacial score (nSPS) is 13.0. The van der Waals surface area contributed by atoms with Crippen molar-refractivity contribution in [2.24, 2.45) is 0 Å². The van der Waals surface area contributed by atoms with Gasteiger partial charge in [-0.15, -0.1) is 0 Å². The van der Waals surface area contributed by atoms with Gasteiger partial charge in [0.25, 0.3) is 0 Å². The summed E-state index contributed by atoms with van der Waals surface area (Å²) in [6.45, 7) is 5.27. The van der Waals surface area contributed by atoms with Crippen LogP contribution >= 0.6 is 0 Å². The first-order valence-electron chi connectivity index (χ1n) is 5.67. The van der Waals surface area contributed by atoms with Crippen LogP contribution in [0.4, 0.5) is 13.2 Å². The lowest BCUT2D eigenvalue weighted by Crippen LogP contribution is -2.21. The first-order valence-corrected chi connectivity index (χ1v) is 5.67. The van der Waals surface area contributed by atoms with Crippen molar-refractivity contribution >= 4 is 10.9 Å². The van der Waals surface area contributed by atoms with Gasteiger partial charge in [0.05, 0.1) is 5.52 Å². The summed E-state index contributed by atoms with van der Waals surface area (Å²) >= 11 is 0. The van der Waals surface area contributed by atoms with Crippen molar-refractivity contribution in [2.45, 2.75) is 32.4 Å². The van der Waals surface area contributed by atoms with Crippen LogP contribution < -0.4 is 0 Å². The molecular formula is C14H14F3N. The zero-order valence-corrected chi connectivity index (χ0v) is 10.5. The van der Waals surface area contributed by atoms with E-state index in [0.29, 0.717) is 5.52 Å². The summed E-state index contributed by atoms with van der Waals surface area (Å²) in [5.41, 5.74) is -0.776. The molecule has 1 heterocycles. The summed E-state index contributed by atoms with van der Waals surface area (Å²) < 4.78 is 39.1. The van der Waals surface area contributed by atoms with E-state index in [1.54, 1.807) is 51.1 Å². The standard InChI is InChI=1S/C14H14F3N/c1-13(2,3)10-8-9-6-4-5-7-11(9)18-12(10)14(15,16)17/h4-8H,1-3H3. The monoisotopic (exact) mass is 253 g/mol. The third kappa shape index (κ3) is 2.33. The number of para-hydroxylation sites is 1. The molecule has 2 rings (SSSR count). The Hall–Kier alpha value is -1.58. The molecule has 4 heteroatoms. The number of halogens is 3. The van der Waals surface area contributed by atoms with Crippen LogP contribution in [0.5, 0.6) is 0 Å². The van der Waals surface area contributed by atoms with Gasteiger partial charge in [-0.05, 0) is 23.1 Å². The average Bonchev–Trinajstić information content (AvgIpc) is 2.25. The highest BCUT2D eigenvalue weighted by Crippen LogP contribution is 2.37. The third-order valence-electron chi connectivity index (χ3n) is 2.80. The minimum Gasteiger partial charge on any atom is -0.243 e. The van der Waals surface area contributed by atoms with Gasteiger partial charge in [-0.25, -0.2) is 4.98 Å². The van der Waals surface area contributed by atoms with E-state index in [4.69, 9.17) is 0 Å². The predicted molar refractivity (Wildman–Crippen MR) is 65.4 cm³/mol. The van der Waals surface area contributed by atoms with Crippen LogP contribution in [0.1, 0.15) is 32.0 Å². The minimum absolute atomic E-state index is 0.230. The van der Waals surface area contributed by atoms with E-state index in [-0.39, 0.29) is 5.56 Å². The van der Waals surface area contributed by atoms with Crippen LogP contribution in [0, 0.1) is 0 Å². The van der Waals surface area contributed by atoms with E-state index in [2.05, 4.69) is 4.98 Å². The number of aromatic nitrogens is 1. The number of benzene rings is 1. The van der Waals surface area contributed by atoms with Crippen molar-refractivity contribution in [1.82, 2.24) is 4.98 Å². The summed E-state index contributed by atoms with van der Waals surface area (Å²) in [7, 11) is 0. The van der Waals surface area contributed by atoms with E-state index in [9.17, 15) is 13.2 Å². The largest absolute Gasteiger partial charge is 0.433 e. The maximum atomic E-state index is 13.0. The van der Waals surface area contributed by atoms with Gasteiger partial charge < -0.3 is 0 Å². The van der Waals surface area contributed by atoms with Gasteiger partial charge >= 0.3 is 6.18 Å². The number of rotatable bonds is 0. The highest BCUT2D eigenvalue weighted by Gasteiger charge is 2.38. The Labute approximate surface area is 104 Å². The number of hydrogen-bond acceptors (Lipinski definition) is 1. The SMILES string of the molecule is CC(C)(C)c1cc2ccccc2nc1C(F)(F)F. The molecule has 0 bridgehead atoms. The molecule has 0 fully saturated rings. The number of alkyl halides is 3. The van der Waals surface area contributed by atoms with Gasteiger partial charge in [0, 0.05) is 5.39 Å². The lowest BCUT2D eigenvalue weighted by atomic mass is 9.85. The van der Waals surface area contributed by atoms with E-state index in [1.165, 1.54) is 0 Å². The maximum absolute atomic E-state index is 13.0. The fourth-order valence-corrected chi connectivity index (χ4v) is 1.90. The van der Waals surface area contributed by atoms with Crippen LogP contribution in [0.2, 0.25) is 0 Å². The molecule has 1 aromatic heterocycles. The zero-order chi connectivity index (χ0) is 13.6. The van der Waals surface area contributed by atoms with E-state index in [1.807, 2.05) is 0 Å². The maximum Gasteiger partial charge on any atom is 0.433 e. The second-order valence-corrected chi connectivity index (χ2v) is 5.32. The van der Waals surface area contributed by atoms with Crippen LogP contribution in [-0.2, 0) is 11.6 Å². The van der Waals surface area contributed by atoms with Crippen LogP contribution in [0.25, 0.3) is 10.9 Å². The lowest BCUT2D eigenvalue weighted by molar-refractivity contribution is -0.142.